The van der Waals surface area contributed by atoms with E-state index in [0.717, 1.165) is 22.8 Å². The lowest BCUT2D eigenvalue weighted by atomic mass is 9.99. The van der Waals surface area contributed by atoms with Crippen molar-refractivity contribution in [3.63, 3.8) is 0 Å². The van der Waals surface area contributed by atoms with Crippen LogP contribution in [-0.2, 0) is 7.05 Å². The van der Waals surface area contributed by atoms with E-state index in [9.17, 15) is 0 Å². The summed E-state index contributed by atoms with van der Waals surface area (Å²) in [7, 11) is 1.90. The summed E-state index contributed by atoms with van der Waals surface area (Å²) < 4.78 is 1.79. The van der Waals surface area contributed by atoms with E-state index in [1.165, 1.54) is 5.56 Å². The van der Waals surface area contributed by atoms with Crippen LogP contribution in [0.5, 0.6) is 0 Å². The van der Waals surface area contributed by atoms with Crippen molar-refractivity contribution in [1.82, 2.24) is 20.3 Å². The molecule has 1 unspecified atom stereocenters. The number of hydrogen-bond acceptors (Lipinski definition) is 3. The Hall–Kier alpha value is -1.39. The summed E-state index contributed by atoms with van der Waals surface area (Å²) in [5.41, 5.74) is 3.39. The molecule has 4 nitrogen and oxygen atoms in total. The van der Waals surface area contributed by atoms with Gasteiger partial charge in [0.2, 0.25) is 0 Å². The molecule has 0 saturated carbocycles. The molecule has 2 rings (SSSR count). The Kier molecular flexibility index (Phi) is 3.99. The molecule has 5 heteroatoms. The summed E-state index contributed by atoms with van der Waals surface area (Å²) in [6.45, 7) is 5.03. The summed E-state index contributed by atoms with van der Waals surface area (Å²) >= 11 is 6.10. The summed E-state index contributed by atoms with van der Waals surface area (Å²) in [6, 6.07) is 6.00. The third-order valence-corrected chi connectivity index (χ3v) is 3.24. The van der Waals surface area contributed by atoms with Gasteiger partial charge < -0.3 is 5.32 Å². The molecule has 0 amide bonds. The van der Waals surface area contributed by atoms with E-state index in [2.05, 4.69) is 29.5 Å². The molecule has 0 aliphatic heterocycles. The Morgan fingerprint density at radius 2 is 2.22 bits per heavy atom. The minimum Gasteiger partial charge on any atom is -0.305 e. The summed E-state index contributed by atoms with van der Waals surface area (Å²) in [6.07, 6.45) is 1.79. The number of nitrogens with one attached hydrogen (secondary N) is 1. The molecule has 1 aromatic carbocycles. The van der Waals surface area contributed by atoms with Gasteiger partial charge in [-0.1, -0.05) is 29.8 Å². The Morgan fingerprint density at radius 1 is 1.44 bits per heavy atom. The standard InChI is InChI=1S/C13H17ClN4/c1-4-15-13(12-8-16-17-18(12)3)11-7-10(14)6-5-9(11)2/h5-8,13,15H,4H2,1-3H3. The van der Waals surface area contributed by atoms with E-state index < -0.39 is 0 Å². The Balaban J connectivity index is 2.48. The molecule has 1 atom stereocenters. The molecule has 0 aliphatic rings. The van der Waals surface area contributed by atoms with E-state index in [1.807, 2.05) is 25.2 Å². The first-order valence-corrected chi connectivity index (χ1v) is 6.35. The molecule has 0 aliphatic carbocycles. The molecule has 1 aromatic heterocycles. The van der Waals surface area contributed by atoms with Crippen LogP contribution in [0.3, 0.4) is 0 Å². The van der Waals surface area contributed by atoms with Crippen molar-refractivity contribution in [2.45, 2.75) is 19.9 Å². The van der Waals surface area contributed by atoms with Crippen LogP contribution in [0.4, 0.5) is 0 Å². The fourth-order valence-corrected chi connectivity index (χ4v) is 2.24. The van der Waals surface area contributed by atoms with Gasteiger partial charge in [0.15, 0.2) is 0 Å². The van der Waals surface area contributed by atoms with E-state index >= 15 is 0 Å². The van der Waals surface area contributed by atoms with Gasteiger partial charge in [-0.05, 0) is 36.7 Å². The van der Waals surface area contributed by atoms with Crippen LogP contribution >= 0.6 is 11.6 Å². The number of benzene rings is 1. The number of aryl methyl sites for hydroxylation is 2. The molecular weight excluding hydrogens is 248 g/mol. The number of halogens is 1. The van der Waals surface area contributed by atoms with Crippen molar-refractivity contribution in [3.8, 4) is 0 Å². The predicted molar refractivity (Wildman–Crippen MR) is 72.7 cm³/mol. The zero-order valence-electron chi connectivity index (χ0n) is 10.8. The molecule has 2 aromatic rings. The highest BCUT2D eigenvalue weighted by molar-refractivity contribution is 6.30. The topological polar surface area (TPSA) is 42.7 Å². The van der Waals surface area contributed by atoms with Crippen LogP contribution in [0.25, 0.3) is 0 Å². The van der Waals surface area contributed by atoms with Gasteiger partial charge in [-0.3, -0.25) is 4.68 Å². The van der Waals surface area contributed by atoms with Crippen LogP contribution in [0.1, 0.15) is 29.8 Å². The molecule has 1 heterocycles. The second-order valence-corrected chi connectivity index (χ2v) is 4.71. The molecular formula is C13H17ClN4. The van der Waals surface area contributed by atoms with Crippen molar-refractivity contribution in [1.29, 1.82) is 0 Å². The highest BCUT2D eigenvalue weighted by Gasteiger charge is 2.19. The Morgan fingerprint density at radius 3 is 2.83 bits per heavy atom. The predicted octanol–water partition coefficient (Wildman–Crippen LogP) is 2.48. The average molecular weight is 265 g/mol. The molecule has 1 N–H and O–H groups in total. The monoisotopic (exact) mass is 264 g/mol. The normalized spacial score (nSPS) is 12.7. The van der Waals surface area contributed by atoms with Gasteiger partial charge >= 0.3 is 0 Å². The van der Waals surface area contributed by atoms with Crippen LogP contribution in [0, 0.1) is 6.92 Å². The fraction of sp³-hybridized carbons (Fsp3) is 0.385. The zero-order chi connectivity index (χ0) is 13.1. The van der Waals surface area contributed by atoms with Crippen molar-refractivity contribution in [2.24, 2.45) is 7.05 Å². The van der Waals surface area contributed by atoms with Crippen molar-refractivity contribution < 1.29 is 0 Å². The maximum Gasteiger partial charge on any atom is 0.0798 e. The van der Waals surface area contributed by atoms with Crippen LogP contribution < -0.4 is 5.32 Å². The minimum absolute atomic E-state index is 0.0636. The maximum atomic E-state index is 6.10. The van der Waals surface area contributed by atoms with E-state index in [4.69, 9.17) is 11.6 Å². The van der Waals surface area contributed by atoms with Crippen molar-refractivity contribution in [3.05, 3.63) is 46.2 Å². The molecule has 0 fully saturated rings. The lowest BCUT2D eigenvalue weighted by Crippen LogP contribution is -2.25. The lowest BCUT2D eigenvalue weighted by molar-refractivity contribution is 0.566. The molecule has 0 saturated heterocycles. The lowest BCUT2D eigenvalue weighted by Gasteiger charge is -2.20. The largest absolute Gasteiger partial charge is 0.305 e. The van der Waals surface area contributed by atoms with Crippen LogP contribution in [-0.4, -0.2) is 21.5 Å². The smallest absolute Gasteiger partial charge is 0.0798 e. The first-order valence-electron chi connectivity index (χ1n) is 5.97. The molecule has 0 bridgehead atoms. The maximum absolute atomic E-state index is 6.10. The van der Waals surface area contributed by atoms with Crippen LogP contribution in [0.2, 0.25) is 5.02 Å². The quantitative estimate of drug-likeness (QED) is 0.923. The van der Waals surface area contributed by atoms with Crippen molar-refractivity contribution >= 4 is 11.6 Å². The average Bonchev–Trinajstić information content (AvgIpc) is 2.76. The SMILES string of the molecule is CCNC(c1cc(Cl)ccc1C)c1cnnn1C. The molecule has 0 spiro atoms. The van der Waals surface area contributed by atoms with Gasteiger partial charge in [0.05, 0.1) is 17.9 Å². The third kappa shape index (κ3) is 2.54. The van der Waals surface area contributed by atoms with Crippen molar-refractivity contribution in [2.75, 3.05) is 6.54 Å². The van der Waals surface area contributed by atoms with Gasteiger partial charge in [-0.25, -0.2) is 0 Å². The summed E-state index contributed by atoms with van der Waals surface area (Å²) in [5, 5.41) is 12.1. The molecule has 18 heavy (non-hydrogen) atoms. The Bertz CT molecular complexity index is 536. The van der Waals surface area contributed by atoms with Gasteiger partial charge in [0, 0.05) is 12.1 Å². The molecule has 0 radical (unpaired) electrons. The fourth-order valence-electron chi connectivity index (χ4n) is 2.06. The van der Waals surface area contributed by atoms with E-state index in [0.29, 0.717) is 0 Å². The van der Waals surface area contributed by atoms with Gasteiger partial charge in [0.25, 0.3) is 0 Å². The third-order valence-electron chi connectivity index (χ3n) is 3.01. The summed E-state index contributed by atoms with van der Waals surface area (Å²) in [5.74, 6) is 0. The number of hydrogen-bond donors (Lipinski definition) is 1. The van der Waals surface area contributed by atoms with Gasteiger partial charge in [-0.15, -0.1) is 5.10 Å². The number of rotatable bonds is 4. The first kappa shape index (κ1) is 13.1. The first-order chi connectivity index (χ1) is 8.63. The number of aromatic nitrogens is 3. The molecule has 96 valence electrons. The number of nitrogens with zero attached hydrogens (tertiary/aromatic N) is 3. The van der Waals surface area contributed by atoms with Gasteiger partial charge in [0.1, 0.15) is 0 Å². The second kappa shape index (κ2) is 5.50. The second-order valence-electron chi connectivity index (χ2n) is 4.27. The zero-order valence-corrected chi connectivity index (χ0v) is 11.6. The van der Waals surface area contributed by atoms with Crippen LogP contribution in [0.15, 0.2) is 24.4 Å². The van der Waals surface area contributed by atoms with E-state index in [1.54, 1.807) is 10.9 Å². The minimum atomic E-state index is 0.0636. The van der Waals surface area contributed by atoms with E-state index in [-0.39, 0.29) is 6.04 Å². The summed E-state index contributed by atoms with van der Waals surface area (Å²) in [4.78, 5) is 0. The highest BCUT2D eigenvalue weighted by atomic mass is 35.5. The Labute approximate surface area is 112 Å². The van der Waals surface area contributed by atoms with Gasteiger partial charge in [-0.2, -0.15) is 0 Å². The highest BCUT2D eigenvalue weighted by Crippen LogP contribution is 2.26.